The number of halogens is 1. The van der Waals surface area contributed by atoms with Gasteiger partial charge in [0.05, 0.1) is 11.6 Å². The van der Waals surface area contributed by atoms with Crippen molar-refractivity contribution in [1.29, 1.82) is 0 Å². The molecular weight excluding hydrogens is 386 g/mol. The molecule has 0 spiro atoms. The number of carbonyl (C=O) groups is 1. The molecular formula is C17H18ClN7OS. The minimum Gasteiger partial charge on any atom is -0.353 e. The van der Waals surface area contributed by atoms with Crippen LogP contribution >= 0.6 is 23.4 Å². The largest absolute Gasteiger partial charge is 0.353 e. The number of hydrogen-bond donors (Lipinski definition) is 1. The molecule has 0 aliphatic carbocycles. The summed E-state index contributed by atoms with van der Waals surface area (Å²) in [6.45, 7) is 4.76. The van der Waals surface area contributed by atoms with Gasteiger partial charge in [-0.1, -0.05) is 17.8 Å². The van der Waals surface area contributed by atoms with Crippen LogP contribution in [0.15, 0.2) is 35.7 Å². The quantitative estimate of drug-likeness (QED) is 0.405. The van der Waals surface area contributed by atoms with E-state index >= 15 is 0 Å². The molecule has 1 amide bonds. The van der Waals surface area contributed by atoms with Gasteiger partial charge in [-0.2, -0.15) is 4.98 Å². The van der Waals surface area contributed by atoms with Crippen LogP contribution in [-0.4, -0.2) is 67.2 Å². The Kier molecular flexibility index (Phi) is 5.13. The number of pyridine rings is 1. The van der Waals surface area contributed by atoms with Crippen LogP contribution in [0.1, 0.15) is 6.92 Å². The standard InChI is InChI=1S/C17H18ClN7OS/c1-11(27-15-13-14(21-10-20-13)22-17(18)23-15)16(26)25-8-6-24(7-9-25)12-4-2-3-5-19-12/h2-5,10-11H,6-9H2,1H3,(H,20,21,22,23). The Hall–Kier alpha value is -2.39. The molecule has 1 N–H and O–H groups in total. The first kappa shape index (κ1) is 18.0. The van der Waals surface area contributed by atoms with Gasteiger partial charge in [0, 0.05) is 32.4 Å². The second-order valence-electron chi connectivity index (χ2n) is 6.16. The molecule has 1 fully saturated rings. The molecule has 140 valence electrons. The third kappa shape index (κ3) is 3.84. The molecule has 0 radical (unpaired) electrons. The average Bonchev–Trinajstić information content (AvgIpc) is 3.17. The Bertz CT molecular complexity index is 943. The van der Waals surface area contributed by atoms with Crippen molar-refractivity contribution in [3.05, 3.63) is 36.0 Å². The number of nitrogens with one attached hydrogen (secondary N) is 1. The third-order valence-corrected chi connectivity index (χ3v) is 5.67. The Morgan fingerprint density at radius 2 is 2.04 bits per heavy atom. The van der Waals surface area contributed by atoms with Crippen molar-refractivity contribution in [2.45, 2.75) is 17.2 Å². The summed E-state index contributed by atoms with van der Waals surface area (Å²) in [5, 5.41) is 0.472. The Balaban J connectivity index is 1.40. The maximum atomic E-state index is 12.9. The molecule has 1 atom stereocenters. The predicted molar refractivity (Wildman–Crippen MR) is 105 cm³/mol. The molecule has 1 saturated heterocycles. The molecule has 27 heavy (non-hydrogen) atoms. The van der Waals surface area contributed by atoms with Gasteiger partial charge in [0.1, 0.15) is 16.4 Å². The smallest absolute Gasteiger partial charge is 0.235 e. The summed E-state index contributed by atoms with van der Waals surface area (Å²) < 4.78 is 0. The number of nitrogens with zero attached hydrogens (tertiary/aromatic N) is 6. The van der Waals surface area contributed by atoms with E-state index in [4.69, 9.17) is 11.6 Å². The van der Waals surface area contributed by atoms with Crippen molar-refractivity contribution >= 4 is 46.3 Å². The van der Waals surface area contributed by atoms with E-state index in [1.165, 1.54) is 11.8 Å². The number of H-pyrrole nitrogens is 1. The van der Waals surface area contributed by atoms with E-state index in [0.29, 0.717) is 29.3 Å². The van der Waals surface area contributed by atoms with E-state index in [1.54, 1.807) is 12.5 Å². The minimum absolute atomic E-state index is 0.0862. The molecule has 1 aliphatic rings. The SMILES string of the molecule is CC(Sc1nc(Cl)nc2nc[nH]c12)C(=O)N1CCN(c2ccccn2)CC1. The number of anilines is 1. The number of carbonyl (C=O) groups excluding carboxylic acids is 1. The number of amides is 1. The maximum Gasteiger partial charge on any atom is 0.235 e. The highest BCUT2D eigenvalue weighted by molar-refractivity contribution is 8.00. The molecule has 0 aromatic carbocycles. The third-order valence-electron chi connectivity index (χ3n) is 4.43. The number of rotatable bonds is 4. The maximum absolute atomic E-state index is 12.9. The molecule has 4 heterocycles. The topological polar surface area (TPSA) is 90.9 Å². The monoisotopic (exact) mass is 403 g/mol. The van der Waals surface area contributed by atoms with Crippen LogP contribution in [0, 0.1) is 0 Å². The van der Waals surface area contributed by atoms with Crippen LogP contribution in [0.2, 0.25) is 5.28 Å². The number of imidazole rings is 1. The number of hydrogen-bond acceptors (Lipinski definition) is 7. The molecule has 10 heteroatoms. The van der Waals surface area contributed by atoms with E-state index in [9.17, 15) is 4.79 Å². The van der Waals surface area contributed by atoms with Crippen LogP contribution in [0.3, 0.4) is 0 Å². The normalized spacial score (nSPS) is 15.9. The fraction of sp³-hybridized carbons (Fsp3) is 0.353. The fourth-order valence-corrected chi connectivity index (χ4v) is 4.24. The lowest BCUT2D eigenvalue weighted by atomic mass is 10.2. The number of thioether (sulfide) groups is 1. The van der Waals surface area contributed by atoms with E-state index in [1.807, 2.05) is 30.0 Å². The number of piperazine rings is 1. The van der Waals surface area contributed by atoms with E-state index < -0.39 is 0 Å². The van der Waals surface area contributed by atoms with Crippen molar-refractivity contribution < 1.29 is 4.79 Å². The lowest BCUT2D eigenvalue weighted by Gasteiger charge is -2.36. The van der Waals surface area contributed by atoms with Gasteiger partial charge in [0.2, 0.25) is 11.2 Å². The molecule has 0 saturated carbocycles. The Morgan fingerprint density at radius 3 is 2.78 bits per heavy atom. The molecule has 1 unspecified atom stereocenters. The van der Waals surface area contributed by atoms with E-state index in [2.05, 4.69) is 29.8 Å². The van der Waals surface area contributed by atoms with Gasteiger partial charge >= 0.3 is 0 Å². The summed E-state index contributed by atoms with van der Waals surface area (Å²) in [6, 6.07) is 5.87. The van der Waals surface area contributed by atoms with Crippen molar-refractivity contribution in [3.63, 3.8) is 0 Å². The van der Waals surface area contributed by atoms with Crippen LogP contribution in [-0.2, 0) is 4.79 Å². The van der Waals surface area contributed by atoms with E-state index in [0.717, 1.165) is 18.9 Å². The van der Waals surface area contributed by atoms with Gasteiger partial charge in [0.25, 0.3) is 0 Å². The van der Waals surface area contributed by atoms with E-state index in [-0.39, 0.29) is 16.4 Å². The second-order valence-corrected chi connectivity index (χ2v) is 7.83. The van der Waals surface area contributed by atoms with Crippen LogP contribution in [0.4, 0.5) is 5.82 Å². The zero-order valence-electron chi connectivity index (χ0n) is 14.7. The van der Waals surface area contributed by atoms with Crippen molar-refractivity contribution in [1.82, 2.24) is 29.8 Å². The average molecular weight is 404 g/mol. The summed E-state index contributed by atoms with van der Waals surface area (Å²) >= 11 is 7.34. The summed E-state index contributed by atoms with van der Waals surface area (Å²) in [7, 11) is 0. The van der Waals surface area contributed by atoms with Crippen molar-refractivity contribution in [2.24, 2.45) is 0 Å². The van der Waals surface area contributed by atoms with Gasteiger partial charge in [-0.05, 0) is 30.7 Å². The predicted octanol–water partition coefficient (Wildman–Crippen LogP) is 2.23. The van der Waals surface area contributed by atoms with Crippen LogP contribution in [0.5, 0.6) is 0 Å². The molecule has 0 bridgehead atoms. The minimum atomic E-state index is -0.288. The van der Waals surface area contributed by atoms with Crippen molar-refractivity contribution in [3.8, 4) is 0 Å². The van der Waals surface area contributed by atoms with Crippen LogP contribution in [0.25, 0.3) is 11.2 Å². The highest BCUT2D eigenvalue weighted by Gasteiger charge is 2.27. The molecule has 4 rings (SSSR count). The number of fused-ring (bicyclic) bond motifs is 1. The zero-order chi connectivity index (χ0) is 18.8. The summed E-state index contributed by atoms with van der Waals surface area (Å²) in [6.07, 6.45) is 3.33. The van der Waals surface area contributed by atoms with Crippen LogP contribution < -0.4 is 4.90 Å². The summed E-state index contributed by atoms with van der Waals surface area (Å²) in [5.41, 5.74) is 1.20. The zero-order valence-corrected chi connectivity index (χ0v) is 16.2. The lowest BCUT2D eigenvalue weighted by Crippen LogP contribution is -2.50. The van der Waals surface area contributed by atoms with Gasteiger partial charge in [0.15, 0.2) is 5.65 Å². The first-order valence-electron chi connectivity index (χ1n) is 8.60. The molecule has 3 aromatic heterocycles. The highest BCUT2D eigenvalue weighted by Crippen LogP contribution is 2.29. The number of aromatic amines is 1. The fourth-order valence-electron chi connectivity index (χ4n) is 3.04. The lowest BCUT2D eigenvalue weighted by molar-refractivity contribution is -0.130. The molecule has 3 aromatic rings. The summed E-state index contributed by atoms with van der Waals surface area (Å²) in [5.74, 6) is 1.03. The summed E-state index contributed by atoms with van der Waals surface area (Å²) in [4.78, 5) is 36.8. The van der Waals surface area contributed by atoms with Crippen molar-refractivity contribution in [2.75, 3.05) is 31.1 Å². The first-order valence-corrected chi connectivity index (χ1v) is 9.85. The Morgan fingerprint density at radius 1 is 1.22 bits per heavy atom. The molecule has 8 nitrogen and oxygen atoms in total. The number of aromatic nitrogens is 5. The Labute approximate surface area is 165 Å². The first-order chi connectivity index (χ1) is 13.1. The molecule has 1 aliphatic heterocycles. The van der Waals surface area contributed by atoms with Gasteiger partial charge in [-0.3, -0.25) is 4.79 Å². The van der Waals surface area contributed by atoms with Gasteiger partial charge < -0.3 is 14.8 Å². The van der Waals surface area contributed by atoms with Gasteiger partial charge in [-0.15, -0.1) is 0 Å². The second kappa shape index (κ2) is 7.69. The van der Waals surface area contributed by atoms with Gasteiger partial charge in [-0.25, -0.2) is 15.0 Å². The highest BCUT2D eigenvalue weighted by atomic mass is 35.5.